The number of hydrogen-bond acceptors (Lipinski definition) is 7. The quantitative estimate of drug-likeness (QED) is 0.262. The molecule has 2 heterocycles. The molecule has 0 fully saturated rings. The number of carbonyl (C=O) groups is 2. The third kappa shape index (κ3) is 3.63. The monoisotopic (exact) mass is 402 g/mol. The van der Waals surface area contributed by atoms with Gasteiger partial charge in [-0.05, 0) is 19.1 Å². The van der Waals surface area contributed by atoms with Crippen molar-refractivity contribution in [2.24, 2.45) is 0 Å². The van der Waals surface area contributed by atoms with Gasteiger partial charge in [-0.2, -0.15) is 0 Å². The van der Waals surface area contributed by atoms with Gasteiger partial charge in [-0.3, -0.25) is 29.1 Å². The maximum Gasteiger partial charge on any atom is 0.337 e. The molecule has 0 bridgehead atoms. The highest BCUT2D eigenvalue weighted by Gasteiger charge is 2.21. The van der Waals surface area contributed by atoms with Gasteiger partial charge in [0.1, 0.15) is 12.2 Å². The van der Waals surface area contributed by atoms with E-state index in [-0.39, 0.29) is 28.9 Å². The average Bonchev–Trinajstić information content (AvgIpc) is 3.15. The van der Waals surface area contributed by atoms with Crippen LogP contribution in [0.25, 0.3) is 16.7 Å². The number of aromatic nitrogens is 3. The van der Waals surface area contributed by atoms with Crippen LogP contribution in [0.2, 0.25) is 0 Å². The van der Waals surface area contributed by atoms with Crippen LogP contribution < -0.4 is 11.1 Å². The lowest BCUT2D eigenvalue weighted by Crippen LogP contribution is -2.38. The molecule has 0 aliphatic heterocycles. The van der Waals surface area contributed by atoms with E-state index in [1.54, 1.807) is 6.92 Å². The van der Waals surface area contributed by atoms with Crippen molar-refractivity contribution in [3.8, 4) is 5.69 Å². The molecule has 0 aliphatic rings. The van der Waals surface area contributed by atoms with Crippen molar-refractivity contribution in [2.45, 2.75) is 13.5 Å². The number of hydrogen-bond donors (Lipinski definition) is 2. The largest absolute Gasteiger partial charge is 0.478 e. The third-order valence-electron chi connectivity index (χ3n) is 4.08. The van der Waals surface area contributed by atoms with E-state index in [1.807, 2.05) is 0 Å². The van der Waals surface area contributed by atoms with Crippen LogP contribution in [-0.4, -0.2) is 42.7 Å². The minimum atomic E-state index is -1.23. The molecule has 3 rings (SSSR count). The number of rotatable bonds is 6. The molecular weight excluding hydrogens is 388 g/mol. The van der Waals surface area contributed by atoms with E-state index in [2.05, 4.69) is 4.98 Å². The lowest BCUT2D eigenvalue weighted by atomic mass is 10.2. The third-order valence-corrected chi connectivity index (χ3v) is 4.08. The zero-order valence-electron chi connectivity index (χ0n) is 14.9. The number of carbonyl (C=O) groups excluding carboxylic acids is 1. The number of ether oxygens (including phenoxy) is 1. The van der Waals surface area contributed by atoms with Crippen molar-refractivity contribution in [2.75, 3.05) is 6.61 Å². The van der Waals surface area contributed by atoms with Gasteiger partial charge in [0.05, 0.1) is 28.1 Å². The van der Waals surface area contributed by atoms with Gasteiger partial charge in [0.15, 0.2) is 0 Å². The van der Waals surface area contributed by atoms with Gasteiger partial charge in [0.2, 0.25) is 0 Å². The first-order valence-electron chi connectivity index (χ1n) is 8.25. The second kappa shape index (κ2) is 7.42. The number of H-pyrrole nitrogens is 1. The molecule has 0 atom stereocenters. The zero-order chi connectivity index (χ0) is 21.3. The summed E-state index contributed by atoms with van der Waals surface area (Å²) in [6.07, 6.45) is 2.47. The van der Waals surface area contributed by atoms with E-state index in [0.29, 0.717) is 0 Å². The van der Waals surface area contributed by atoms with Crippen molar-refractivity contribution in [1.29, 1.82) is 0 Å². The summed E-state index contributed by atoms with van der Waals surface area (Å²) in [6, 6.07) is 3.50. The standard InChI is InChI=1S/C17H14N4O8/c1-2-29-14(22)8-20-11-6-12(19-4-3-9(7-19)17(25)26)13(21(27)28)5-10(11)18-15(23)16(20)24/h3-7H,2,8H2,1H3,(H,18,23)(H,25,26). The molecule has 0 unspecified atom stereocenters. The van der Waals surface area contributed by atoms with E-state index in [1.165, 1.54) is 22.9 Å². The first-order chi connectivity index (χ1) is 13.7. The van der Waals surface area contributed by atoms with Crippen molar-refractivity contribution < 1.29 is 24.4 Å². The molecule has 2 aromatic heterocycles. The molecule has 12 heteroatoms. The van der Waals surface area contributed by atoms with E-state index in [9.17, 15) is 29.3 Å². The maximum atomic E-state index is 12.3. The van der Waals surface area contributed by atoms with Gasteiger partial charge >= 0.3 is 23.1 Å². The fourth-order valence-electron chi connectivity index (χ4n) is 2.82. The molecule has 0 spiro atoms. The summed E-state index contributed by atoms with van der Waals surface area (Å²) in [5, 5.41) is 20.6. The fraction of sp³-hybridized carbons (Fsp3) is 0.176. The molecule has 29 heavy (non-hydrogen) atoms. The summed E-state index contributed by atoms with van der Waals surface area (Å²) in [5.74, 6) is -1.99. The highest BCUT2D eigenvalue weighted by Crippen LogP contribution is 2.28. The molecule has 1 aromatic carbocycles. The smallest absolute Gasteiger partial charge is 0.337 e. The molecule has 0 radical (unpaired) electrons. The molecule has 0 saturated heterocycles. The van der Waals surface area contributed by atoms with Crippen molar-refractivity contribution >= 4 is 28.7 Å². The highest BCUT2D eigenvalue weighted by molar-refractivity contribution is 5.88. The van der Waals surface area contributed by atoms with E-state index in [4.69, 9.17) is 9.84 Å². The van der Waals surface area contributed by atoms with Gasteiger partial charge in [-0.25, -0.2) is 4.79 Å². The molecule has 3 aromatic rings. The summed E-state index contributed by atoms with van der Waals surface area (Å²) in [7, 11) is 0. The number of esters is 1. The van der Waals surface area contributed by atoms with Crippen LogP contribution in [0.4, 0.5) is 5.69 Å². The number of carboxylic acid groups (broad SMARTS) is 1. The first kappa shape index (κ1) is 19.5. The van der Waals surface area contributed by atoms with Crippen molar-refractivity contribution in [3.05, 3.63) is 67.0 Å². The predicted molar refractivity (Wildman–Crippen MR) is 98.4 cm³/mol. The Hall–Kier alpha value is -4.22. The van der Waals surface area contributed by atoms with E-state index >= 15 is 0 Å². The number of nitrogens with one attached hydrogen (secondary N) is 1. The molecular formula is C17H14N4O8. The summed E-state index contributed by atoms with van der Waals surface area (Å²) in [6.45, 7) is 1.06. The van der Waals surface area contributed by atoms with Crippen LogP contribution in [0.3, 0.4) is 0 Å². The Bertz CT molecular complexity index is 1270. The fourth-order valence-corrected chi connectivity index (χ4v) is 2.82. The van der Waals surface area contributed by atoms with Crippen LogP contribution in [0.1, 0.15) is 17.3 Å². The lowest BCUT2D eigenvalue weighted by Gasteiger charge is -2.12. The van der Waals surface area contributed by atoms with Gasteiger partial charge in [0, 0.05) is 18.5 Å². The molecule has 150 valence electrons. The van der Waals surface area contributed by atoms with Gasteiger partial charge < -0.3 is 19.4 Å². The number of aromatic carboxylic acids is 1. The summed E-state index contributed by atoms with van der Waals surface area (Å²) in [4.78, 5) is 60.2. The first-order valence-corrected chi connectivity index (χ1v) is 8.25. The van der Waals surface area contributed by atoms with Crippen LogP contribution in [-0.2, 0) is 16.1 Å². The Labute approximate surface area is 160 Å². The Balaban J connectivity index is 2.32. The number of aromatic amines is 1. The van der Waals surface area contributed by atoms with Crippen molar-refractivity contribution in [3.63, 3.8) is 0 Å². The average molecular weight is 402 g/mol. The van der Waals surface area contributed by atoms with E-state index < -0.39 is 40.2 Å². The summed E-state index contributed by atoms with van der Waals surface area (Å²) in [5.41, 5.74) is -2.71. The molecule has 2 N–H and O–H groups in total. The van der Waals surface area contributed by atoms with Gasteiger partial charge in [0.25, 0.3) is 5.69 Å². The number of nitro groups is 1. The number of fused-ring (bicyclic) bond motifs is 1. The highest BCUT2D eigenvalue weighted by atomic mass is 16.6. The number of benzene rings is 1. The van der Waals surface area contributed by atoms with Crippen LogP contribution >= 0.6 is 0 Å². The number of nitrogens with zero attached hydrogens (tertiary/aromatic N) is 3. The molecule has 0 saturated carbocycles. The summed E-state index contributed by atoms with van der Waals surface area (Å²) >= 11 is 0. The minimum Gasteiger partial charge on any atom is -0.478 e. The Morgan fingerprint density at radius 2 is 2.03 bits per heavy atom. The van der Waals surface area contributed by atoms with E-state index in [0.717, 1.165) is 16.8 Å². The Morgan fingerprint density at radius 1 is 1.31 bits per heavy atom. The van der Waals surface area contributed by atoms with Gasteiger partial charge in [-0.1, -0.05) is 0 Å². The van der Waals surface area contributed by atoms with Gasteiger partial charge in [-0.15, -0.1) is 0 Å². The molecule has 12 nitrogen and oxygen atoms in total. The Kier molecular flexibility index (Phi) is 5.00. The number of carboxylic acids is 1. The van der Waals surface area contributed by atoms with Crippen LogP contribution in [0.5, 0.6) is 0 Å². The SMILES string of the molecule is CCOC(=O)Cn1c(=O)c(=O)[nH]c2cc([N+](=O)[O-])c(-n3ccc(C(=O)O)c3)cc21. The van der Waals surface area contributed by atoms with Crippen molar-refractivity contribution in [1.82, 2.24) is 14.1 Å². The lowest BCUT2D eigenvalue weighted by molar-refractivity contribution is -0.384. The van der Waals surface area contributed by atoms with Crippen LogP contribution in [0.15, 0.2) is 40.2 Å². The minimum absolute atomic E-state index is 0.0360. The maximum absolute atomic E-state index is 12.3. The predicted octanol–water partition coefficient (Wildman–Crippen LogP) is 0.650. The molecule has 0 aliphatic carbocycles. The van der Waals surface area contributed by atoms with Crippen LogP contribution in [0, 0.1) is 10.1 Å². The second-order valence-corrected chi connectivity index (χ2v) is 5.88. The Morgan fingerprint density at radius 3 is 2.62 bits per heavy atom. The topological polar surface area (TPSA) is 167 Å². The second-order valence-electron chi connectivity index (χ2n) is 5.88. The zero-order valence-corrected chi connectivity index (χ0v) is 14.9. The normalized spacial score (nSPS) is 10.8. The number of nitro benzene ring substituents is 1. The summed E-state index contributed by atoms with van der Waals surface area (Å²) < 4.78 is 6.85. The molecule has 0 amide bonds.